The van der Waals surface area contributed by atoms with Crippen LogP contribution in [-0.2, 0) is 16.6 Å². The molecule has 2 aliphatic rings. The quantitative estimate of drug-likeness (QED) is 0.807. The van der Waals surface area contributed by atoms with Gasteiger partial charge in [0.1, 0.15) is 5.82 Å². The number of hydrogen-bond acceptors (Lipinski definition) is 4. The molecule has 1 amide bonds. The van der Waals surface area contributed by atoms with E-state index in [4.69, 9.17) is 17.3 Å². The lowest BCUT2D eigenvalue weighted by molar-refractivity contribution is -0.126. The zero-order valence-corrected chi connectivity index (χ0v) is 17.2. The summed E-state index contributed by atoms with van der Waals surface area (Å²) < 4.78 is 0. The van der Waals surface area contributed by atoms with Gasteiger partial charge in [-0.2, -0.15) is 0 Å². The van der Waals surface area contributed by atoms with Crippen molar-refractivity contribution in [1.82, 2.24) is 9.97 Å². The van der Waals surface area contributed by atoms with Crippen LogP contribution in [0.15, 0.2) is 0 Å². The van der Waals surface area contributed by atoms with E-state index in [1.54, 1.807) is 0 Å². The van der Waals surface area contributed by atoms with Crippen LogP contribution in [-0.4, -0.2) is 29.0 Å². The number of piperidine rings is 1. The van der Waals surface area contributed by atoms with Gasteiger partial charge in [-0.15, -0.1) is 0 Å². The molecular weight excluding hydrogens is 348 g/mol. The first-order valence-corrected chi connectivity index (χ1v) is 10.1. The molecule has 0 saturated carbocycles. The van der Waals surface area contributed by atoms with Crippen molar-refractivity contribution >= 4 is 23.3 Å². The Morgan fingerprint density at radius 3 is 2.77 bits per heavy atom. The lowest BCUT2D eigenvalue weighted by atomic mass is 9.75. The van der Waals surface area contributed by atoms with Crippen molar-refractivity contribution in [2.75, 3.05) is 18.0 Å². The van der Waals surface area contributed by atoms with Crippen molar-refractivity contribution in [1.29, 1.82) is 0 Å². The molecule has 0 aromatic carbocycles. The molecule has 2 N–H and O–H groups in total. The highest BCUT2D eigenvalue weighted by molar-refractivity contribution is 6.28. The van der Waals surface area contributed by atoms with Crippen LogP contribution in [0.2, 0.25) is 5.28 Å². The van der Waals surface area contributed by atoms with Gasteiger partial charge in [-0.1, -0.05) is 27.7 Å². The van der Waals surface area contributed by atoms with Crippen LogP contribution in [0.1, 0.15) is 71.1 Å². The van der Waals surface area contributed by atoms with Crippen LogP contribution in [0.5, 0.6) is 0 Å². The molecule has 1 fully saturated rings. The normalized spacial score (nSPS) is 22.8. The van der Waals surface area contributed by atoms with E-state index in [1.165, 1.54) is 5.56 Å². The van der Waals surface area contributed by atoms with Crippen LogP contribution in [0, 0.1) is 11.3 Å². The molecule has 1 aromatic rings. The number of amides is 1. The number of aromatic nitrogens is 2. The third kappa shape index (κ3) is 3.83. The Bertz CT molecular complexity index is 701. The van der Waals surface area contributed by atoms with Crippen LogP contribution < -0.4 is 10.6 Å². The maximum absolute atomic E-state index is 11.7. The summed E-state index contributed by atoms with van der Waals surface area (Å²) in [6.07, 6.45) is 6.33. The summed E-state index contributed by atoms with van der Waals surface area (Å²) in [6.45, 7) is 10.3. The van der Waals surface area contributed by atoms with E-state index in [2.05, 4.69) is 28.7 Å². The Kier molecular flexibility index (Phi) is 5.22. The summed E-state index contributed by atoms with van der Waals surface area (Å²) in [5.41, 5.74) is 7.52. The Balaban J connectivity index is 1.87. The average Bonchev–Trinajstić information content (AvgIpc) is 2.54. The molecule has 6 heteroatoms. The minimum atomic E-state index is -0.474. The van der Waals surface area contributed by atoms with Gasteiger partial charge in [-0.05, 0) is 56.0 Å². The first kappa shape index (κ1) is 19.4. The number of carbonyl (C=O) groups is 1. The number of nitrogens with zero attached hydrogens (tertiary/aromatic N) is 3. The fraction of sp³-hybridized carbons (Fsp3) is 0.750. The molecule has 26 heavy (non-hydrogen) atoms. The van der Waals surface area contributed by atoms with E-state index in [0.717, 1.165) is 63.1 Å². The lowest BCUT2D eigenvalue weighted by Crippen LogP contribution is -2.41. The Hall–Kier alpha value is -1.36. The molecule has 3 rings (SSSR count). The van der Waals surface area contributed by atoms with E-state index in [9.17, 15) is 4.79 Å². The van der Waals surface area contributed by atoms with Gasteiger partial charge in [0.25, 0.3) is 0 Å². The predicted octanol–water partition coefficient (Wildman–Crippen LogP) is 3.86. The molecule has 0 radical (unpaired) electrons. The summed E-state index contributed by atoms with van der Waals surface area (Å²) >= 11 is 6.30. The van der Waals surface area contributed by atoms with Crippen molar-refractivity contribution in [2.45, 2.75) is 71.6 Å². The molecule has 0 bridgehead atoms. The van der Waals surface area contributed by atoms with Crippen LogP contribution >= 0.6 is 11.6 Å². The van der Waals surface area contributed by atoms with E-state index >= 15 is 0 Å². The average molecular weight is 379 g/mol. The zero-order chi connectivity index (χ0) is 19.1. The van der Waals surface area contributed by atoms with Gasteiger partial charge >= 0.3 is 0 Å². The van der Waals surface area contributed by atoms with Crippen LogP contribution in [0.4, 0.5) is 5.82 Å². The van der Waals surface area contributed by atoms with Crippen LogP contribution in [0.25, 0.3) is 0 Å². The molecule has 1 aliphatic heterocycles. The maximum atomic E-state index is 11.7. The molecule has 1 atom stereocenters. The topological polar surface area (TPSA) is 72.1 Å². The van der Waals surface area contributed by atoms with Crippen molar-refractivity contribution in [2.24, 2.45) is 17.1 Å². The summed E-state index contributed by atoms with van der Waals surface area (Å²) in [5, 5.41) is 0.341. The zero-order valence-electron chi connectivity index (χ0n) is 16.4. The number of primary amides is 1. The summed E-state index contributed by atoms with van der Waals surface area (Å²) in [6, 6.07) is 0. The van der Waals surface area contributed by atoms with Gasteiger partial charge in [0.05, 0.1) is 5.69 Å². The van der Waals surface area contributed by atoms with Gasteiger partial charge in [0.15, 0.2) is 0 Å². The largest absolute Gasteiger partial charge is 0.369 e. The first-order valence-electron chi connectivity index (χ1n) is 9.72. The Labute approximate surface area is 161 Å². The number of hydrogen-bond donors (Lipinski definition) is 1. The summed E-state index contributed by atoms with van der Waals surface area (Å²) in [4.78, 5) is 23.3. The number of nitrogens with two attached hydrogens (primary N) is 1. The first-order chi connectivity index (χ1) is 12.1. The summed E-state index contributed by atoms with van der Waals surface area (Å²) in [5.74, 6) is 1.22. The predicted molar refractivity (Wildman–Crippen MR) is 106 cm³/mol. The molecule has 2 heterocycles. The highest BCUT2D eigenvalue weighted by Crippen LogP contribution is 2.41. The minimum Gasteiger partial charge on any atom is -0.369 e. The summed E-state index contributed by atoms with van der Waals surface area (Å²) in [7, 11) is 0. The molecule has 1 unspecified atom stereocenters. The number of halogens is 1. The van der Waals surface area contributed by atoms with Gasteiger partial charge in [0.2, 0.25) is 11.2 Å². The van der Waals surface area contributed by atoms with Crippen molar-refractivity contribution in [3.8, 4) is 0 Å². The smallest absolute Gasteiger partial charge is 0.224 e. The molecule has 1 aromatic heterocycles. The highest BCUT2D eigenvalue weighted by atomic mass is 35.5. The fourth-order valence-electron chi connectivity index (χ4n) is 4.57. The highest BCUT2D eigenvalue weighted by Gasteiger charge is 2.35. The van der Waals surface area contributed by atoms with Gasteiger partial charge in [0, 0.05) is 29.5 Å². The van der Waals surface area contributed by atoms with Crippen LogP contribution in [0.3, 0.4) is 0 Å². The van der Waals surface area contributed by atoms with Crippen molar-refractivity contribution in [3.63, 3.8) is 0 Å². The minimum absolute atomic E-state index is 0.0397. The number of fused-ring (bicyclic) bond motifs is 1. The van der Waals surface area contributed by atoms with E-state index in [-0.39, 0.29) is 11.3 Å². The second kappa shape index (κ2) is 6.99. The van der Waals surface area contributed by atoms with Crippen molar-refractivity contribution in [3.05, 3.63) is 16.5 Å². The van der Waals surface area contributed by atoms with E-state index in [0.29, 0.717) is 11.2 Å². The molecular formula is C20H31ClN4O. The second-order valence-corrected chi connectivity index (χ2v) is 9.63. The monoisotopic (exact) mass is 378 g/mol. The molecule has 5 nitrogen and oxygen atoms in total. The molecule has 1 aliphatic carbocycles. The number of anilines is 1. The standard InChI is InChI=1S/C20H31ClN4O/c1-19(2)9-5-8-14-15(19)23-18(21)24-16(14)25-10-6-7-13(12-25)11-20(3,4)17(22)26/h13H,5-12H2,1-4H3,(H2,22,26). The Morgan fingerprint density at radius 1 is 1.35 bits per heavy atom. The lowest BCUT2D eigenvalue weighted by Gasteiger charge is -2.39. The van der Waals surface area contributed by atoms with Gasteiger partial charge in [-0.25, -0.2) is 9.97 Å². The molecule has 1 saturated heterocycles. The number of rotatable bonds is 4. The van der Waals surface area contributed by atoms with E-state index < -0.39 is 5.41 Å². The molecule has 144 valence electrons. The maximum Gasteiger partial charge on any atom is 0.224 e. The van der Waals surface area contributed by atoms with Crippen molar-refractivity contribution < 1.29 is 4.79 Å². The van der Waals surface area contributed by atoms with E-state index in [1.807, 2.05) is 13.8 Å². The third-order valence-electron chi connectivity index (χ3n) is 6.11. The van der Waals surface area contributed by atoms with Gasteiger partial charge < -0.3 is 10.6 Å². The van der Waals surface area contributed by atoms with Gasteiger partial charge in [-0.3, -0.25) is 4.79 Å². The molecule has 0 spiro atoms. The fourth-order valence-corrected chi connectivity index (χ4v) is 4.73. The number of carbonyl (C=O) groups excluding carboxylic acids is 1. The second-order valence-electron chi connectivity index (χ2n) is 9.29. The third-order valence-corrected chi connectivity index (χ3v) is 6.28. The SMILES string of the molecule is CC(C)(CC1CCCN(c2nc(Cl)nc3c2CCCC3(C)C)C1)C(N)=O. The Morgan fingerprint density at radius 2 is 2.08 bits per heavy atom.